The first kappa shape index (κ1) is 31.3. The van der Waals surface area contributed by atoms with Crippen LogP contribution < -0.4 is 5.73 Å². The van der Waals surface area contributed by atoms with Crippen molar-refractivity contribution in [3.8, 4) is 0 Å². The molecule has 0 heterocycles. The van der Waals surface area contributed by atoms with E-state index in [0.717, 1.165) is 0 Å². The minimum absolute atomic E-state index is 0.0592. The summed E-state index contributed by atoms with van der Waals surface area (Å²) < 4.78 is 30.8. The number of amides is 3. The summed E-state index contributed by atoms with van der Waals surface area (Å²) in [7, 11) is -0.816. The predicted molar refractivity (Wildman–Crippen MR) is 127 cm³/mol. The van der Waals surface area contributed by atoms with Gasteiger partial charge in [0, 0.05) is 27.1 Å². The summed E-state index contributed by atoms with van der Waals surface area (Å²) in [5, 5.41) is 8.68. The van der Waals surface area contributed by atoms with Gasteiger partial charge in [-0.25, -0.2) is 8.42 Å². The van der Waals surface area contributed by atoms with E-state index < -0.39 is 39.5 Å². The molecule has 3 amide bonds. The first-order valence-corrected chi connectivity index (χ1v) is 13.4. The van der Waals surface area contributed by atoms with E-state index in [1.165, 1.54) is 23.9 Å². The summed E-state index contributed by atoms with van der Waals surface area (Å²) in [6.07, 6.45) is 2.75. The number of carbonyl (C=O) groups is 3. The molecule has 0 aromatic heterocycles. The van der Waals surface area contributed by atoms with Gasteiger partial charge in [-0.3, -0.25) is 14.4 Å². The zero-order chi connectivity index (χ0) is 25.6. The van der Waals surface area contributed by atoms with Crippen molar-refractivity contribution in [2.75, 3.05) is 45.4 Å². The number of hydrogen-bond donors (Lipinski definition) is 2. The lowest BCUT2D eigenvalue weighted by Crippen LogP contribution is -2.56. The Morgan fingerprint density at radius 2 is 1.64 bits per heavy atom. The molecule has 0 aromatic carbocycles. The summed E-state index contributed by atoms with van der Waals surface area (Å²) >= 11 is 0. The average molecular weight is 494 g/mol. The number of carbonyl (C=O) groups excluding carboxylic acids is 3. The van der Waals surface area contributed by atoms with Crippen LogP contribution >= 0.6 is 0 Å². The lowest BCUT2D eigenvalue weighted by atomic mass is 10.0. The smallest absolute Gasteiger partial charge is 0.246 e. The quantitative estimate of drug-likeness (QED) is 0.265. The molecule has 3 N–H and O–H groups in total. The molecule has 0 aromatic rings. The lowest BCUT2D eigenvalue weighted by molar-refractivity contribution is -0.146. The summed E-state index contributed by atoms with van der Waals surface area (Å²) in [5.74, 6) is -2.18. The van der Waals surface area contributed by atoms with Crippen molar-refractivity contribution in [1.82, 2.24) is 9.80 Å². The minimum atomic E-state index is -3.66. The average Bonchev–Trinajstić information content (AvgIpc) is 2.73. The highest BCUT2D eigenvalue weighted by molar-refractivity contribution is 7.91. The van der Waals surface area contributed by atoms with Gasteiger partial charge in [0.2, 0.25) is 17.7 Å². The Labute approximate surface area is 198 Å². The molecule has 0 aliphatic heterocycles. The molecule has 2 atom stereocenters. The normalized spacial score (nSPS) is 13.5. The van der Waals surface area contributed by atoms with Gasteiger partial charge in [0.15, 0.2) is 9.84 Å². The van der Waals surface area contributed by atoms with Gasteiger partial charge in [-0.15, -0.1) is 0 Å². The molecule has 0 aliphatic rings. The van der Waals surface area contributed by atoms with Crippen LogP contribution in [0.25, 0.3) is 0 Å². The van der Waals surface area contributed by atoms with Crippen molar-refractivity contribution < 1.29 is 32.6 Å². The van der Waals surface area contributed by atoms with E-state index >= 15 is 0 Å². The van der Waals surface area contributed by atoms with Crippen LogP contribution in [0.1, 0.15) is 59.3 Å². The summed E-state index contributed by atoms with van der Waals surface area (Å²) in [5.41, 5.74) is 5.50. The van der Waals surface area contributed by atoms with Crippen molar-refractivity contribution in [3.05, 3.63) is 0 Å². The molecule has 0 fully saturated rings. The molecule has 194 valence electrons. The number of hydrogen-bond acceptors (Lipinski definition) is 7. The van der Waals surface area contributed by atoms with Crippen LogP contribution in [0, 0.1) is 5.92 Å². The summed E-state index contributed by atoms with van der Waals surface area (Å²) in [6, 6.07) is -2.13. The Morgan fingerprint density at radius 3 is 2.15 bits per heavy atom. The Bertz CT molecular complexity index is 713. The van der Waals surface area contributed by atoms with Crippen LogP contribution in [-0.4, -0.2) is 98.6 Å². The van der Waals surface area contributed by atoms with Gasteiger partial charge in [-0.2, -0.15) is 0 Å². The van der Waals surface area contributed by atoms with E-state index in [2.05, 4.69) is 0 Å². The van der Waals surface area contributed by atoms with Crippen molar-refractivity contribution in [3.63, 3.8) is 0 Å². The maximum atomic E-state index is 13.3. The summed E-state index contributed by atoms with van der Waals surface area (Å²) in [6.45, 7) is 6.23. The van der Waals surface area contributed by atoms with Crippen molar-refractivity contribution >= 4 is 27.6 Å². The van der Waals surface area contributed by atoms with Crippen molar-refractivity contribution in [2.45, 2.75) is 71.4 Å². The number of nitrogens with zero attached hydrogens (tertiary/aromatic N) is 2. The molecule has 0 saturated heterocycles. The van der Waals surface area contributed by atoms with E-state index in [9.17, 15) is 22.8 Å². The fraction of sp³-hybridized carbons (Fsp3) is 0.864. The largest absolute Gasteiger partial charge is 0.394 e. The number of aliphatic hydroxyl groups is 1. The number of rotatable bonds is 18. The van der Waals surface area contributed by atoms with E-state index in [0.29, 0.717) is 38.7 Å². The number of aliphatic hydroxyl groups excluding tert-OH is 1. The van der Waals surface area contributed by atoms with Gasteiger partial charge in [0.05, 0.1) is 24.7 Å². The molecule has 0 rings (SSSR count). The number of ether oxygens (including phenoxy) is 1. The molecular weight excluding hydrogens is 450 g/mol. The fourth-order valence-electron chi connectivity index (χ4n) is 3.41. The van der Waals surface area contributed by atoms with E-state index in [1.807, 2.05) is 20.8 Å². The maximum absolute atomic E-state index is 13.3. The van der Waals surface area contributed by atoms with Crippen LogP contribution in [0.4, 0.5) is 0 Å². The van der Waals surface area contributed by atoms with Crippen LogP contribution in [0.2, 0.25) is 0 Å². The number of primary amides is 1. The number of nitrogens with two attached hydrogens (primary N) is 1. The van der Waals surface area contributed by atoms with Crippen molar-refractivity contribution in [1.29, 1.82) is 0 Å². The Morgan fingerprint density at radius 1 is 1.00 bits per heavy atom. The Kier molecular flexibility index (Phi) is 15.2. The highest BCUT2D eigenvalue weighted by atomic mass is 32.2. The van der Waals surface area contributed by atoms with Crippen LogP contribution in [0.15, 0.2) is 0 Å². The minimum Gasteiger partial charge on any atom is -0.394 e. The molecule has 0 aliphatic carbocycles. The molecule has 10 nitrogen and oxygen atoms in total. The Hall–Kier alpha value is -1.72. The molecule has 0 spiro atoms. The second-order valence-electron chi connectivity index (χ2n) is 8.78. The second kappa shape index (κ2) is 16.0. The van der Waals surface area contributed by atoms with Crippen LogP contribution in [-0.2, 0) is 29.0 Å². The van der Waals surface area contributed by atoms with Crippen LogP contribution in [0.3, 0.4) is 0 Å². The van der Waals surface area contributed by atoms with Gasteiger partial charge in [0.25, 0.3) is 0 Å². The zero-order valence-corrected chi connectivity index (χ0v) is 21.6. The third-order valence-electron chi connectivity index (χ3n) is 5.34. The predicted octanol–water partition coefficient (Wildman–Crippen LogP) is 0.566. The van der Waals surface area contributed by atoms with E-state index in [1.54, 1.807) is 0 Å². The number of unbranched alkanes of at least 4 members (excludes halogenated alkanes) is 2. The molecule has 0 radical (unpaired) electrons. The number of sulfone groups is 1. The third kappa shape index (κ3) is 12.4. The lowest BCUT2D eigenvalue weighted by Gasteiger charge is -2.34. The first-order valence-electron chi connectivity index (χ1n) is 11.6. The van der Waals surface area contributed by atoms with Crippen molar-refractivity contribution in [2.24, 2.45) is 11.7 Å². The van der Waals surface area contributed by atoms with Gasteiger partial charge in [0.1, 0.15) is 12.1 Å². The van der Waals surface area contributed by atoms with Gasteiger partial charge >= 0.3 is 0 Å². The highest BCUT2D eigenvalue weighted by Gasteiger charge is 2.36. The van der Waals surface area contributed by atoms with E-state index in [-0.39, 0.29) is 37.2 Å². The van der Waals surface area contributed by atoms with Gasteiger partial charge in [-0.1, -0.05) is 27.2 Å². The molecule has 0 bridgehead atoms. The molecule has 0 unspecified atom stereocenters. The highest BCUT2D eigenvalue weighted by Crippen LogP contribution is 2.16. The summed E-state index contributed by atoms with van der Waals surface area (Å²) in [4.78, 5) is 40.1. The molecule has 33 heavy (non-hydrogen) atoms. The second-order valence-corrected chi connectivity index (χ2v) is 11.0. The molecular formula is C22H43N3O7S. The monoisotopic (exact) mass is 493 g/mol. The first-order chi connectivity index (χ1) is 15.4. The standard InChI is InChI=1S/C22H43N3O7S/c1-6-10-20(27)24(4)19(22(29)25(5)18(21(23)28)15-17(2)3)16-33(30,31)14-9-7-8-12-32-13-11-26/h17-19,26H,6-16H2,1-5H3,(H2,23,28)/t18-,19+/m0/s1. The zero-order valence-electron chi connectivity index (χ0n) is 20.8. The maximum Gasteiger partial charge on any atom is 0.246 e. The number of likely N-dealkylation sites (N-methyl/N-ethyl adjacent to an activating group) is 2. The van der Waals surface area contributed by atoms with Gasteiger partial charge < -0.3 is 25.4 Å². The topological polar surface area (TPSA) is 147 Å². The molecule has 11 heteroatoms. The van der Waals surface area contributed by atoms with E-state index in [4.69, 9.17) is 15.6 Å². The van der Waals surface area contributed by atoms with Gasteiger partial charge in [-0.05, 0) is 31.6 Å². The molecule has 0 saturated carbocycles. The third-order valence-corrected chi connectivity index (χ3v) is 7.07. The van der Waals surface area contributed by atoms with Crippen LogP contribution in [0.5, 0.6) is 0 Å². The fourth-order valence-corrected chi connectivity index (χ4v) is 5.06. The Balaban J connectivity index is 5.43. The SMILES string of the molecule is CCCC(=O)N(C)[C@H](CS(=O)(=O)CCCCCOCCO)C(=O)N(C)[C@@H](CC(C)C)C(N)=O.